The molecule has 0 radical (unpaired) electrons. The van der Waals surface area contributed by atoms with E-state index in [9.17, 15) is 9.59 Å². The van der Waals surface area contributed by atoms with Crippen molar-refractivity contribution in [3.8, 4) is 23.0 Å². The molecule has 0 saturated carbocycles. The maximum absolute atomic E-state index is 13.0. The summed E-state index contributed by atoms with van der Waals surface area (Å²) in [6, 6.07) is 5.29. The number of fused-ring (bicyclic) bond motifs is 1. The van der Waals surface area contributed by atoms with Gasteiger partial charge in [0.05, 0.1) is 27.4 Å². The summed E-state index contributed by atoms with van der Waals surface area (Å²) in [4.78, 5) is 33.7. The fourth-order valence-electron chi connectivity index (χ4n) is 3.16. The zero-order valence-electron chi connectivity index (χ0n) is 17.9. The molecule has 0 aliphatic rings. The van der Waals surface area contributed by atoms with Crippen molar-refractivity contribution in [3.05, 3.63) is 52.0 Å². The predicted octanol–water partition coefficient (Wildman–Crippen LogP) is 2.59. The van der Waals surface area contributed by atoms with Gasteiger partial charge in [-0.3, -0.25) is 9.36 Å². The van der Waals surface area contributed by atoms with Crippen LogP contribution in [0.5, 0.6) is 11.5 Å². The van der Waals surface area contributed by atoms with E-state index in [1.165, 1.54) is 10.9 Å². The fraction of sp³-hybridized carbons (Fsp3) is 0.286. The highest BCUT2D eigenvalue weighted by Gasteiger charge is 2.23. The number of benzene rings is 1. The standard InChI is InChI=1S/C21H20N4O7/c1-5-30-21(27)17-16-19(32-24-17)22-10-25(20(16)26)9-13-11(2)31-18(23-13)12-6-7-14(28-3)15(8-12)29-4/h6-8,10H,5,9H2,1-4H3. The molecule has 0 fully saturated rings. The first-order valence-electron chi connectivity index (χ1n) is 9.67. The van der Waals surface area contributed by atoms with Gasteiger partial charge in [-0.2, -0.15) is 0 Å². The second-order valence-corrected chi connectivity index (χ2v) is 6.70. The third kappa shape index (κ3) is 3.68. The molecular formula is C21H20N4O7. The third-order valence-electron chi connectivity index (χ3n) is 4.78. The Morgan fingerprint density at radius 1 is 1.19 bits per heavy atom. The average Bonchev–Trinajstić information content (AvgIpc) is 3.39. The van der Waals surface area contributed by atoms with Crippen LogP contribution in [-0.2, 0) is 11.3 Å². The average molecular weight is 440 g/mol. The van der Waals surface area contributed by atoms with Crippen LogP contribution in [-0.4, -0.2) is 46.5 Å². The first kappa shape index (κ1) is 21.1. The minimum absolute atomic E-state index is 0.0443. The van der Waals surface area contributed by atoms with Gasteiger partial charge in [0.2, 0.25) is 11.6 Å². The zero-order chi connectivity index (χ0) is 22.8. The van der Waals surface area contributed by atoms with Gasteiger partial charge in [0.1, 0.15) is 23.2 Å². The Morgan fingerprint density at radius 3 is 2.69 bits per heavy atom. The van der Waals surface area contributed by atoms with E-state index in [1.807, 2.05) is 0 Å². The van der Waals surface area contributed by atoms with E-state index in [0.29, 0.717) is 34.4 Å². The maximum Gasteiger partial charge on any atom is 0.361 e. The molecular weight excluding hydrogens is 420 g/mol. The molecule has 1 aromatic carbocycles. The molecule has 0 bridgehead atoms. The molecule has 0 amide bonds. The summed E-state index contributed by atoms with van der Waals surface area (Å²) in [5.41, 5.74) is 0.442. The highest BCUT2D eigenvalue weighted by atomic mass is 16.5. The fourth-order valence-corrected chi connectivity index (χ4v) is 3.16. The molecule has 4 aromatic rings. The Balaban J connectivity index is 1.69. The van der Waals surface area contributed by atoms with E-state index in [-0.39, 0.29) is 29.9 Å². The Bertz CT molecular complexity index is 1350. The Kier molecular flexibility index (Phi) is 5.63. The van der Waals surface area contributed by atoms with E-state index in [2.05, 4.69) is 15.1 Å². The molecule has 0 atom stereocenters. The number of ether oxygens (including phenoxy) is 3. The van der Waals surface area contributed by atoms with Crippen LogP contribution in [0.4, 0.5) is 0 Å². The number of hydrogen-bond donors (Lipinski definition) is 0. The van der Waals surface area contributed by atoms with Gasteiger partial charge in [-0.1, -0.05) is 5.16 Å². The summed E-state index contributed by atoms with van der Waals surface area (Å²) in [6.07, 6.45) is 1.30. The number of oxazole rings is 1. The first-order valence-corrected chi connectivity index (χ1v) is 9.67. The number of hydrogen-bond acceptors (Lipinski definition) is 10. The lowest BCUT2D eigenvalue weighted by Crippen LogP contribution is -2.23. The number of esters is 1. The lowest BCUT2D eigenvalue weighted by molar-refractivity contribution is 0.0516. The number of aromatic nitrogens is 4. The number of carbonyl (C=O) groups is 1. The molecule has 0 saturated heterocycles. The van der Waals surface area contributed by atoms with Crippen LogP contribution in [0.3, 0.4) is 0 Å². The minimum atomic E-state index is -0.753. The van der Waals surface area contributed by atoms with Crippen LogP contribution >= 0.6 is 0 Å². The molecule has 11 heteroatoms. The third-order valence-corrected chi connectivity index (χ3v) is 4.78. The van der Waals surface area contributed by atoms with Crippen LogP contribution in [0.1, 0.15) is 28.9 Å². The Hall–Kier alpha value is -4.15. The molecule has 3 heterocycles. The monoisotopic (exact) mass is 440 g/mol. The van der Waals surface area contributed by atoms with Crippen molar-refractivity contribution in [1.29, 1.82) is 0 Å². The van der Waals surface area contributed by atoms with Crippen molar-refractivity contribution in [1.82, 2.24) is 19.7 Å². The highest BCUT2D eigenvalue weighted by molar-refractivity contribution is 5.99. The number of aryl methyl sites for hydroxylation is 1. The van der Waals surface area contributed by atoms with Gasteiger partial charge in [-0.15, -0.1) is 0 Å². The molecule has 0 unspecified atom stereocenters. The smallest absolute Gasteiger partial charge is 0.361 e. The summed E-state index contributed by atoms with van der Waals surface area (Å²) >= 11 is 0. The van der Waals surface area contributed by atoms with Gasteiger partial charge in [0, 0.05) is 5.56 Å². The van der Waals surface area contributed by atoms with Crippen LogP contribution in [0.2, 0.25) is 0 Å². The van der Waals surface area contributed by atoms with Gasteiger partial charge < -0.3 is 23.2 Å². The zero-order valence-corrected chi connectivity index (χ0v) is 17.9. The predicted molar refractivity (Wildman–Crippen MR) is 111 cm³/mol. The molecule has 11 nitrogen and oxygen atoms in total. The first-order chi connectivity index (χ1) is 15.5. The van der Waals surface area contributed by atoms with Crippen molar-refractivity contribution in [3.63, 3.8) is 0 Å². The Morgan fingerprint density at radius 2 is 1.97 bits per heavy atom. The molecule has 3 aromatic heterocycles. The largest absolute Gasteiger partial charge is 0.493 e. The van der Waals surface area contributed by atoms with Gasteiger partial charge >= 0.3 is 5.97 Å². The normalized spacial score (nSPS) is 11.0. The molecule has 4 rings (SSSR count). The van der Waals surface area contributed by atoms with E-state index in [4.69, 9.17) is 23.2 Å². The van der Waals surface area contributed by atoms with Gasteiger partial charge in [-0.25, -0.2) is 14.8 Å². The van der Waals surface area contributed by atoms with E-state index in [0.717, 1.165) is 0 Å². The van der Waals surface area contributed by atoms with Crippen molar-refractivity contribution < 1.29 is 27.9 Å². The summed E-state index contributed by atoms with van der Waals surface area (Å²) < 4.78 is 27.6. The molecule has 32 heavy (non-hydrogen) atoms. The minimum Gasteiger partial charge on any atom is -0.493 e. The lowest BCUT2D eigenvalue weighted by Gasteiger charge is -2.07. The summed E-state index contributed by atoms with van der Waals surface area (Å²) in [5.74, 6) is 1.25. The maximum atomic E-state index is 13.0. The SMILES string of the molecule is CCOC(=O)c1noc2ncn(Cc3nc(-c4ccc(OC)c(OC)c4)oc3C)c(=O)c12. The lowest BCUT2D eigenvalue weighted by atomic mass is 10.2. The van der Waals surface area contributed by atoms with Crippen molar-refractivity contribution in [2.75, 3.05) is 20.8 Å². The second kappa shape index (κ2) is 8.53. The van der Waals surface area contributed by atoms with Crippen LogP contribution in [0, 0.1) is 6.92 Å². The summed E-state index contributed by atoms with van der Waals surface area (Å²) in [6.45, 7) is 3.60. The van der Waals surface area contributed by atoms with Crippen LogP contribution in [0.25, 0.3) is 22.6 Å². The molecule has 0 aliphatic heterocycles. The molecule has 0 spiro atoms. The quantitative estimate of drug-likeness (QED) is 0.395. The van der Waals surface area contributed by atoms with Gasteiger partial charge in [-0.05, 0) is 32.0 Å². The van der Waals surface area contributed by atoms with E-state index >= 15 is 0 Å². The van der Waals surface area contributed by atoms with Crippen LogP contribution < -0.4 is 15.0 Å². The summed E-state index contributed by atoms with van der Waals surface area (Å²) in [5, 5.41) is 3.58. The highest BCUT2D eigenvalue weighted by Crippen LogP contribution is 2.32. The Labute approximate surface area is 181 Å². The van der Waals surface area contributed by atoms with E-state index < -0.39 is 11.5 Å². The number of nitrogens with zero attached hydrogens (tertiary/aromatic N) is 4. The number of carbonyl (C=O) groups excluding carboxylic acids is 1. The second-order valence-electron chi connectivity index (χ2n) is 6.70. The van der Waals surface area contributed by atoms with E-state index in [1.54, 1.807) is 46.3 Å². The van der Waals surface area contributed by atoms with Crippen molar-refractivity contribution in [2.24, 2.45) is 0 Å². The number of rotatable bonds is 7. The molecule has 0 aliphatic carbocycles. The van der Waals surface area contributed by atoms with Gasteiger partial charge in [0.25, 0.3) is 11.3 Å². The van der Waals surface area contributed by atoms with Crippen LogP contribution in [0.15, 0.2) is 38.3 Å². The van der Waals surface area contributed by atoms with Crippen molar-refractivity contribution in [2.45, 2.75) is 20.4 Å². The van der Waals surface area contributed by atoms with Gasteiger partial charge in [0.15, 0.2) is 11.5 Å². The molecule has 166 valence electrons. The molecule has 0 N–H and O–H groups in total. The summed E-state index contributed by atoms with van der Waals surface area (Å²) in [7, 11) is 3.09. The topological polar surface area (TPSA) is 132 Å². The number of methoxy groups -OCH3 is 2. The van der Waals surface area contributed by atoms with Crippen molar-refractivity contribution >= 4 is 17.1 Å².